The molecular formula is C28H40FN. The molecule has 1 nitrogen and oxygen atoms in total. The lowest BCUT2D eigenvalue weighted by atomic mass is 9.83. The predicted molar refractivity (Wildman–Crippen MR) is 127 cm³/mol. The molecule has 1 saturated carbocycles. The van der Waals surface area contributed by atoms with Gasteiger partial charge in [-0.1, -0.05) is 61.5 Å². The largest absolute Gasteiger partial charge is 0.298 e. The van der Waals surface area contributed by atoms with Gasteiger partial charge >= 0.3 is 0 Å². The average molecular weight is 410 g/mol. The van der Waals surface area contributed by atoms with Crippen LogP contribution in [-0.4, -0.2) is 29.7 Å². The summed E-state index contributed by atoms with van der Waals surface area (Å²) in [5.41, 5.74) is 4.27. The van der Waals surface area contributed by atoms with Crippen molar-refractivity contribution in [2.45, 2.75) is 96.3 Å². The maximum atomic E-state index is 13.4. The molecule has 30 heavy (non-hydrogen) atoms. The van der Waals surface area contributed by atoms with Gasteiger partial charge in [-0.25, -0.2) is 4.39 Å². The molecule has 1 aliphatic rings. The summed E-state index contributed by atoms with van der Waals surface area (Å²) in [6.45, 7) is 8.10. The Hall–Kier alpha value is -1.67. The Morgan fingerprint density at radius 3 is 2.10 bits per heavy atom. The number of rotatable bonds is 10. The van der Waals surface area contributed by atoms with Crippen molar-refractivity contribution in [3.63, 3.8) is 0 Å². The van der Waals surface area contributed by atoms with Crippen molar-refractivity contribution in [3.8, 4) is 0 Å². The van der Waals surface area contributed by atoms with Gasteiger partial charge in [-0.15, -0.1) is 0 Å². The van der Waals surface area contributed by atoms with E-state index in [1.165, 1.54) is 29.5 Å². The lowest BCUT2D eigenvalue weighted by Crippen LogP contribution is -2.41. The molecular weight excluding hydrogens is 369 g/mol. The first-order valence-electron chi connectivity index (χ1n) is 12.1. The summed E-state index contributed by atoms with van der Waals surface area (Å²) in [5.74, 6) is 0.559. The topological polar surface area (TPSA) is 3.24 Å². The number of hydrogen-bond acceptors (Lipinski definition) is 1. The summed E-state index contributed by atoms with van der Waals surface area (Å²) in [4.78, 5) is 2.69. The minimum atomic E-state index is -0.572. The van der Waals surface area contributed by atoms with Crippen molar-refractivity contribution < 1.29 is 4.39 Å². The molecule has 2 heteroatoms. The van der Waals surface area contributed by atoms with Crippen LogP contribution in [0.15, 0.2) is 54.6 Å². The van der Waals surface area contributed by atoms with Crippen molar-refractivity contribution in [1.82, 2.24) is 4.90 Å². The van der Waals surface area contributed by atoms with Gasteiger partial charge in [-0.2, -0.15) is 0 Å². The highest BCUT2D eigenvalue weighted by Gasteiger charge is 2.22. The Morgan fingerprint density at radius 1 is 0.867 bits per heavy atom. The van der Waals surface area contributed by atoms with E-state index >= 15 is 0 Å². The number of nitrogens with zero attached hydrogens (tertiary/aromatic N) is 1. The molecule has 1 aliphatic carbocycles. The fourth-order valence-electron chi connectivity index (χ4n) is 5.05. The summed E-state index contributed by atoms with van der Waals surface area (Å²) < 4.78 is 13.4. The molecule has 2 aromatic carbocycles. The zero-order valence-corrected chi connectivity index (χ0v) is 19.2. The van der Waals surface area contributed by atoms with E-state index < -0.39 is 6.17 Å². The van der Waals surface area contributed by atoms with Crippen molar-refractivity contribution in [2.75, 3.05) is 6.54 Å². The van der Waals surface area contributed by atoms with E-state index in [9.17, 15) is 4.39 Å². The van der Waals surface area contributed by atoms with Gasteiger partial charge in [0.1, 0.15) is 6.17 Å². The molecule has 0 aromatic heterocycles. The molecule has 164 valence electrons. The summed E-state index contributed by atoms with van der Waals surface area (Å²) in [5, 5.41) is 0. The quantitative estimate of drug-likeness (QED) is 0.396. The second-order valence-electron chi connectivity index (χ2n) is 9.36. The third-order valence-electron chi connectivity index (χ3n) is 6.98. The van der Waals surface area contributed by atoms with Gasteiger partial charge in [-0.05, 0) is 87.8 Å². The molecule has 0 saturated heterocycles. The van der Waals surface area contributed by atoms with Crippen LogP contribution in [0.3, 0.4) is 0 Å². The van der Waals surface area contributed by atoms with Gasteiger partial charge in [0.25, 0.3) is 0 Å². The first-order chi connectivity index (χ1) is 14.6. The van der Waals surface area contributed by atoms with E-state index in [1.54, 1.807) is 0 Å². The highest BCUT2D eigenvalue weighted by atomic mass is 19.1. The summed E-state index contributed by atoms with van der Waals surface area (Å²) in [7, 11) is 0. The second-order valence-corrected chi connectivity index (χ2v) is 9.36. The highest BCUT2D eigenvalue weighted by molar-refractivity contribution is 5.26. The minimum absolute atomic E-state index is 0.559. The third-order valence-corrected chi connectivity index (χ3v) is 6.98. The lowest BCUT2D eigenvalue weighted by Gasteiger charge is -2.35. The van der Waals surface area contributed by atoms with Crippen LogP contribution < -0.4 is 0 Å². The normalized spacial score (nSPS) is 20.6. The van der Waals surface area contributed by atoms with Crippen LogP contribution in [-0.2, 0) is 12.8 Å². The molecule has 0 heterocycles. The molecule has 3 rings (SSSR count). The Kier molecular flexibility index (Phi) is 8.93. The fraction of sp³-hybridized carbons (Fsp3) is 0.571. The predicted octanol–water partition coefficient (Wildman–Crippen LogP) is 7.35. The van der Waals surface area contributed by atoms with Crippen LogP contribution in [0.25, 0.3) is 0 Å². The van der Waals surface area contributed by atoms with Gasteiger partial charge < -0.3 is 0 Å². The molecule has 0 N–H and O–H groups in total. The Morgan fingerprint density at radius 2 is 1.50 bits per heavy atom. The molecule has 0 amide bonds. The van der Waals surface area contributed by atoms with Crippen LogP contribution in [0.5, 0.6) is 0 Å². The Bertz CT molecular complexity index is 716. The van der Waals surface area contributed by atoms with Crippen molar-refractivity contribution in [2.24, 2.45) is 0 Å². The smallest absolute Gasteiger partial charge is 0.100 e. The second kappa shape index (κ2) is 11.6. The molecule has 1 atom stereocenters. The number of alkyl halides is 1. The third kappa shape index (κ3) is 6.67. The average Bonchev–Trinajstić information content (AvgIpc) is 2.77. The maximum Gasteiger partial charge on any atom is 0.100 e. The van der Waals surface area contributed by atoms with E-state index in [2.05, 4.69) is 80.3 Å². The van der Waals surface area contributed by atoms with Crippen LogP contribution in [0, 0.1) is 0 Å². The van der Waals surface area contributed by atoms with Crippen molar-refractivity contribution >= 4 is 0 Å². The number of halogens is 1. The summed E-state index contributed by atoms with van der Waals surface area (Å²) in [6, 6.07) is 21.3. The summed E-state index contributed by atoms with van der Waals surface area (Å²) in [6.07, 6.45) is 7.55. The number of aryl methyl sites for hydroxylation is 1. The van der Waals surface area contributed by atoms with Gasteiger partial charge in [0.15, 0.2) is 0 Å². The molecule has 1 unspecified atom stereocenters. The van der Waals surface area contributed by atoms with Gasteiger partial charge in [0, 0.05) is 18.6 Å². The molecule has 0 aliphatic heterocycles. The van der Waals surface area contributed by atoms with Gasteiger partial charge in [0.05, 0.1) is 0 Å². The molecule has 2 aromatic rings. The minimum Gasteiger partial charge on any atom is -0.298 e. The maximum absolute atomic E-state index is 13.4. The van der Waals surface area contributed by atoms with Gasteiger partial charge in [0.2, 0.25) is 0 Å². The Balaban J connectivity index is 1.53. The summed E-state index contributed by atoms with van der Waals surface area (Å²) >= 11 is 0. The first-order valence-corrected chi connectivity index (χ1v) is 12.1. The van der Waals surface area contributed by atoms with Crippen LogP contribution >= 0.6 is 0 Å². The van der Waals surface area contributed by atoms with E-state index in [0.29, 0.717) is 18.0 Å². The van der Waals surface area contributed by atoms with Crippen LogP contribution in [0.1, 0.15) is 81.9 Å². The molecule has 1 fully saturated rings. The molecule has 0 spiro atoms. The van der Waals surface area contributed by atoms with Crippen LogP contribution in [0.2, 0.25) is 0 Å². The van der Waals surface area contributed by atoms with Crippen molar-refractivity contribution in [1.29, 1.82) is 0 Å². The van der Waals surface area contributed by atoms with E-state index in [0.717, 1.165) is 45.1 Å². The monoisotopic (exact) mass is 409 g/mol. The van der Waals surface area contributed by atoms with E-state index in [-0.39, 0.29) is 0 Å². The number of hydrogen-bond donors (Lipinski definition) is 0. The fourth-order valence-corrected chi connectivity index (χ4v) is 5.05. The SMILES string of the molecule is CCC(CCc1ccc(C2CCC(F)CC2)cc1)N(CCc1ccccc1)C(C)C. The van der Waals surface area contributed by atoms with Crippen molar-refractivity contribution in [3.05, 3.63) is 71.3 Å². The van der Waals surface area contributed by atoms with Gasteiger partial charge in [-0.3, -0.25) is 4.90 Å². The zero-order valence-electron chi connectivity index (χ0n) is 19.2. The lowest BCUT2D eigenvalue weighted by molar-refractivity contribution is 0.143. The standard InChI is InChI=1S/C28H40FN/c1-4-28(30(22(2)3)21-20-23-8-6-5-7-9-23)19-12-24-10-13-25(14-11-24)26-15-17-27(29)18-16-26/h5-11,13-14,22,26-28H,4,12,15-21H2,1-3H3. The number of benzene rings is 2. The van der Waals surface area contributed by atoms with E-state index in [4.69, 9.17) is 0 Å². The first kappa shape index (κ1) is 23.0. The van der Waals surface area contributed by atoms with Crippen LogP contribution in [0.4, 0.5) is 4.39 Å². The Labute approximate surface area is 183 Å². The highest BCUT2D eigenvalue weighted by Crippen LogP contribution is 2.34. The molecule has 0 bridgehead atoms. The molecule has 0 radical (unpaired) electrons. The van der Waals surface area contributed by atoms with E-state index in [1.807, 2.05) is 0 Å². The zero-order chi connectivity index (χ0) is 21.3.